The minimum atomic E-state index is -0.396. The van der Waals surface area contributed by atoms with Crippen molar-refractivity contribution in [3.63, 3.8) is 0 Å². The van der Waals surface area contributed by atoms with Crippen molar-refractivity contribution in [1.29, 1.82) is 0 Å². The van der Waals surface area contributed by atoms with Gasteiger partial charge in [0.25, 0.3) is 0 Å². The van der Waals surface area contributed by atoms with Gasteiger partial charge in [0.05, 0.1) is 33.5 Å². The topological polar surface area (TPSA) is 131 Å². The minimum Gasteiger partial charge on any atom is -0.377 e. The van der Waals surface area contributed by atoms with Crippen molar-refractivity contribution in [3.8, 4) is 11.4 Å². The number of H-pyrrole nitrogens is 1. The number of para-hydroxylation sites is 1. The molecule has 0 radical (unpaired) electrons. The molecule has 0 aliphatic carbocycles. The zero-order valence-corrected chi connectivity index (χ0v) is 21.3. The van der Waals surface area contributed by atoms with E-state index in [4.69, 9.17) is 31.0 Å². The van der Waals surface area contributed by atoms with Crippen molar-refractivity contribution in [2.45, 2.75) is 0 Å². The smallest absolute Gasteiger partial charge is 0.250 e. The van der Waals surface area contributed by atoms with E-state index in [0.717, 1.165) is 22.0 Å². The third-order valence-corrected chi connectivity index (χ3v) is 6.19. The summed E-state index contributed by atoms with van der Waals surface area (Å²) >= 11 is 6.79. The summed E-state index contributed by atoms with van der Waals surface area (Å²) in [5.41, 5.74) is 3.18. The van der Waals surface area contributed by atoms with Gasteiger partial charge in [-0.05, 0) is 42.5 Å². The fraction of sp³-hybridized carbons (Fsp3) is 0.148. The summed E-state index contributed by atoms with van der Waals surface area (Å²) in [4.78, 5) is 34.7. The zero-order chi connectivity index (χ0) is 26.6. The highest BCUT2D eigenvalue weighted by atomic mass is 35.5. The lowest BCUT2D eigenvalue weighted by Crippen LogP contribution is -2.18. The maximum absolute atomic E-state index is 13.0. The van der Waals surface area contributed by atoms with Gasteiger partial charge in [-0.3, -0.25) is 14.7 Å². The van der Waals surface area contributed by atoms with Gasteiger partial charge in [-0.15, -0.1) is 0 Å². The molecule has 5 rings (SSSR count). The molecule has 0 aliphatic rings. The zero-order valence-electron chi connectivity index (χ0n) is 20.5. The molecule has 11 heteroatoms. The van der Waals surface area contributed by atoms with Crippen molar-refractivity contribution in [3.05, 3.63) is 71.4 Å². The van der Waals surface area contributed by atoms with Gasteiger partial charge in [0.1, 0.15) is 19.0 Å². The second-order valence-electron chi connectivity index (χ2n) is 8.40. The molecule has 0 unspecified atom stereocenters. The third kappa shape index (κ3) is 5.05. The maximum atomic E-state index is 13.0. The van der Waals surface area contributed by atoms with Gasteiger partial charge in [-0.25, -0.2) is 9.97 Å². The molecule has 0 bridgehead atoms. The van der Waals surface area contributed by atoms with Gasteiger partial charge in [-0.2, -0.15) is 5.10 Å². The van der Waals surface area contributed by atoms with Crippen LogP contribution in [-0.4, -0.2) is 59.3 Å². The Morgan fingerprint density at radius 1 is 1.00 bits per heavy atom. The predicted octanol–water partition coefficient (Wildman–Crippen LogP) is 4.98. The van der Waals surface area contributed by atoms with Crippen molar-refractivity contribution in [1.82, 2.24) is 20.2 Å². The van der Waals surface area contributed by atoms with Gasteiger partial charge in [-0.1, -0.05) is 23.7 Å². The molecule has 192 valence electrons. The summed E-state index contributed by atoms with van der Waals surface area (Å²) in [6, 6.07) is 16.4. The molecule has 0 fully saturated rings. The number of hydrogen-bond donors (Lipinski definition) is 3. The quantitative estimate of drug-likeness (QED) is 0.227. The SMILES string of the molecule is COCC(=O)Nc1ccc(C(=O)COC)c(-c2nc(Nc3ccc4[nH]ncc4c3)c3ccccc3n2)c1Cl. The van der Waals surface area contributed by atoms with E-state index < -0.39 is 5.91 Å². The molecule has 2 aromatic heterocycles. The second-order valence-corrected chi connectivity index (χ2v) is 8.78. The molecule has 3 aromatic carbocycles. The number of nitrogens with one attached hydrogen (secondary N) is 3. The summed E-state index contributed by atoms with van der Waals surface area (Å²) in [6.45, 7) is -0.320. The van der Waals surface area contributed by atoms with E-state index >= 15 is 0 Å². The van der Waals surface area contributed by atoms with E-state index in [9.17, 15) is 9.59 Å². The third-order valence-electron chi connectivity index (χ3n) is 5.80. The Morgan fingerprint density at radius 3 is 2.63 bits per heavy atom. The highest BCUT2D eigenvalue weighted by Gasteiger charge is 2.23. The van der Waals surface area contributed by atoms with Crippen LogP contribution in [0.2, 0.25) is 5.02 Å². The Kier molecular flexibility index (Phi) is 7.27. The van der Waals surface area contributed by atoms with E-state index in [2.05, 4.69) is 20.8 Å². The van der Waals surface area contributed by atoms with E-state index in [1.54, 1.807) is 18.3 Å². The lowest BCUT2D eigenvalue weighted by atomic mass is 10.0. The molecular formula is C27H23ClN6O4. The Balaban J connectivity index is 1.67. The first-order valence-corrected chi connectivity index (χ1v) is 12.0. The normalized spacial score (nSPS) is 11.1. The Labute approximate surface area is 222 Å². The number of Topliss-reactive ketones (excluding diaryl/α,β-unsaturated/α-hetero) is 1. The van der Waals surface area contributed by atoms with E-state index in [0.29, 0.717) is 17.0 Å². The number of ketones is 1. The first-order valence-electron chi connectivity index (χ1n) is 11.6. The summed E-state index contributed by atoms with van der Waals surface area (Å²) in [5, 5.41) is 14.9. The number of amides is 1. The van der Waals surface area contributed by atoms with Crippen LogP contribution in [0, 0.1) is 0 Å². The predicted molar refractivity (Wildman–Crippen MR) is 146 cm³/mol. The van der Waals surface area contributed by atoms with Gasteiger partial charge >= 0.3 is 0 Å². The number of carbonyl (C=O) groups is 2. The van der Waals surface area contributed by atoms with Crippen molar-refractivity contribution < 1.29 is 19.1 Å². The molecule has 0 atom stereocenters. The lowest BCUT2D eigenvalue weighted by molar-refractivity contribution is -0.119. The second kappa shape index (κ2) is 10.9. The van der Waals surface area contributed by atoms with E-state index in [1.807, 2.05) is 42.5 Å². The molecule has 5 aromatic rings. The van der Waals surface area contributed by atoms with Crippen LogP contribution < -0.4 is 10.6 Å². The number of carbonyl (C=O) groups excluding carboxylic acids is 2. The molecule has 0 aliphatic heterocycles. The van der Waals surface area contributed by atoms with Crippen molar-refractivity contribution in [2.75, 3.05) is 38.1 Å². The molecular weight excluding hydrogens is 508 g/mol. The monoisotopic (exact) mass is 530 g/mol. The van der Waals surface area contributed by atoms with Gasteiger partial charge in [0.2, 0.25) is 5.91 Å². The Bertz CT molecular complexity index is 1670. The standard InChI is InChI=1S/C27H23ClN6O4/c1-37-13-22(35)18-8-10-21(31-23(36)14-38-2)25(28)24(18)27-32-20-6-4-3-5-17(20)26(33-27)30-16-7-9-19-15(11-16)12-29-34-19/h3-12H,13-14H2,1-2H3,(H,29,34)(H,31,36)(H,30,32,33). The summed E-state index contributed by atoms with van der Waals surface area (Å²) < 4.78 is 9.98. The Morgan fingerprint density at radius 2 is 1.82 bits per heavy atom. The number of hydrogen-bond acceptors (Lipinski definition) is 8. The first kappa shape index (κ1) is 25.3. The number of anilines is 3. The number of rotatable bonds is 9. The molecule has 10 nitrogen and oxygen atoms in total. The number of methoxy groups -OCH3 is 2. The molecule has 0 spiro atoms. The van der Waals surface area contributed by atoms with Crippen LogP contribution in [0.1, 0.15) is 10.4 Å². The maximum Gasteiger partial charge on any atom is 0.250 e. The van der Waals surface area contributed by atoms with E-state index in [1.165, 1.54) is 14.2 Å². The number of aromatic nitrogens is 4. The van der Waals surface area contributed by atoms with Crippen molar-refractivity contribution >= 4 is 62.3 Å². The van der Waals surface area contributed by atoms with Crippen LogP contribution in [0.5, 0.6) is 0 Å². The molecule has 38 heavy (non-hydrogen) atoms. The van der Waals surface area contributed by atoms with Crippen LogP contribution in [0.15, 0.2) is 60.8 Å². The summed E-state index contributed by atoms with van der Waals surface area (Å²) in [7, 11) is 2.85. The van der Waals surface area contributed by atoms with Gasteiger partial charge < -0.3 is 20.1 Å². The number of aromatic amines is 1. The minimum absolute atomic E-state index is 0.123. The van der Waals surface area contributed by atoms with Crippen LogP contribution in [0.4, 0.5) is 17.2 Å². The average molecular weight is 531 g/mol. The number of fused-ring (bicyclic) bond motifs is 2. The fourth-order valence-corrected chi connectivity index (χ4v) is 4.39. The van der Waals surface area contributed by atoms with Gasteiger partial charge in [0.15, 0.2) is 11.6 Å². The average Bonchev–Trinajstić information content (AvgIpc) is 3.38. The van der Waals surface area contributed by atoms with Crippen LogP contribution in [0.25, 0.3) is 33.2 Å². The molecule has 1 amide bonds. The highest BCUT2D eigenvalue weighted by molar-refractivity contribution is 6.37. The largest absolute Gasteiger partial charge is 0.377 e. The van der Waals surface area contributed by atoms with Crippen molar-refractivity contribution in [2.24, 2.45) is 0 Å². The molecule has 0 saturated carbocycles. The van der Waals surface area contributed by atoms with Crippen LogP contribution in [0.3, 0.4) is 0 Å². The number of ether oxygens (including phenoxy) is 2. The van der Waals surface area contributed by atoms with E-state index in [-0.39, 0.29) is 41.0 Å². The van der Waals surface area contributed by atoms with Gasteiger partial charge in [0, 0.05) is 36.2 Å². The lowest BCUT2D eigenvalue weighted by Gasteiger charge is -2.16. The van der Waals surface area contributed by atoms with Crippen LogP contribution >= 0.6 is 11.6 Å². The fourth-order valence-electron chi connectivity index (χ4n) is 4.09. The highest BCUT2D eigenvalue weighted by Crippen LogP contribution is 2.38. The van der Waals surface area contributed by atoms with Crippen LogP contribution in [-0.2, 0) is 14.3 Å². The summed E-state index contributed by atoms with van der Waals surface area (Å²) in [5.74, 6) is 0.0231. The summed E-state index contributed by atoms with van der Waals surface area (Å²) in [6.07, 6.45) is 1.74. The molecule has 2 heterocycles. The Hall–Kier alpha value is -4.38. The number of benzene rings is 3. The number of nitrogens with zero attached hydrogens (tertiary/aromatic N) is 3. The first-order chi connectivity index (χ1) is 18.5. The molecule has 0 saturated heterocycles. The number of halogens is 1. The molecule has 3 N–H and O–H groups in total.